The maximum Gasteiger partial charge on any atom is 0.260 e. The van der Waals surface area contributed by atoms with Crippen LogP contribution in [-0.4, -0.2) is 33.7 Å². The molecule has 2 N–H and O–H groups in total. The number of carbonyl (C=O) groups is 4. The van der Waals surface area contributed by atoms with Gasteiger partial charge in [0.2, 0.25) is 11.8 Å². The minimum Gasteiger partial charge on any atom is -0.508 e. The number of allylic oxidation sites excluding steroid dienone is 2. The Morgan fingerprint density at radius 2 is 1.53 bits per heavy atom. The van der Waals surface area contributed by atoms with E-state index in [4.69, 9.17) is 23.2 Å². The predicted molar refractivity (Wildman–Crippen MR) is 186 cm³/mol. The SMILES string of the molecule is Cc1ccc(NN2C(=O)C3CC4C(=CCC5C(=O)N(c6ccc(Cl)cc6)C(=O)C54)C(c4ccc(O)cc4Cl)C3(c3ccccc3)C2=O)cc1. The number of phenolic OH excluding ortho intramolecular Hbond substituents is 1. The van der Waals surface area contributed by atoms with Crippen molar-refractivity contribution in [2.45, 2.75) is 31.1 Å². The molecule has 3 fully saturated rings. The first-order valence-electron chi connectivity index (χ1n) is 16.2. The van der Waals surface area contributed by atoms with E-state index in [-0.39, 0.29) is 35.4 Å². The van der Waals surface area contributed by atoms with Gasteiger partial charge in [0.1, 0.15) is 5.75 Å². The molecule has 2 heterocycles. The van der Waals surface area contributed by atoms with Crippen LogP contribution in [0.2, 0.25) is 10.0 Å². The molecule has 8 nitrogen and oxygen atoms in total. The smallest absolute Gasteiger partial charge is 0.260 e. The van der Waals surface area contributed by atoms with Crippen LogP contribution >= 0.6 is 23.2 Å². The van der Waals surface area contributed by atoms with Crippen molar-refractivity contribution < 1.29 is 24.3 Å². The lowest BCUT2D eigenvalue weighted by atomic mass is 9.49. The number of hydrogen-bond acceptors (Lipinski definition) is 6. The number of amides is 4. The summed E-state index contributed by atoms with van der Waals surface area (Å²) in [4.78, 5) is 59.4. The summed E-state index contributed by atoms with van der Waals surface area (Å²) < 4.78 is 0. The molecule has 4 aromatic carbocycles. The largest absolute Gasteiger partial charge is 0.508 e. The van der Waals surface area contributed by atoms with Gasteiger partial charge in [-0.1, -0.05) is 88.9 Å². The summed E-state index contributed by atoms with van der Waals surface area (Å²) in [5, 5.41) is 12.2. The number of carbonyl (C=O) groups excluding carboxylic acids is 4. The summed E-state index contributed by atoms with van der Waals surface area (Å²) >= 11 is 13.0. The number of hydrazine groups is 1. The first kappa shape index (κ1) is 31.4. The van der Waals surface area contributed by atoms with Gasteiger partial charge in [0.05, 0.1) is 34.5 Å². The van der Waals surface area contributed by atoms with Crippen LogP contribution in [0.5, 0.6) is 5.75 Å². The molecule has 2 saturated heterocycles. The zero-order valence-corrected chi connectivity index (χ0v) is 27.9. The Labute approximate surface area is 292 Å². The van der Waals surface area contributed by atoms with E-state index < -0.39 is 46.8 Å². The second kappa shape index (κ2) is 11.6. The van der Waals surface area contributed by atoms with Gasteiger partial charge in [0.25, 0.3) is 11.8 Å². The summed E-state index contributed by atoms with van der Waals surface area (Å²) in [6.45, 7) is 1.95. The normalized spacial score (nSPS) is 27.5. The molecule has 4 amide bonds. The van der Waals surface area contributed by atoms with Gasteiger partial charge in [0.15, 0.2) is 0 Å². The molecule has 246 valence electrons. The topological polar surface area (TPSA) is 107 Å². The number of fused-ring (bicyclic) bond motifs is 4. The molecule has 2 aliphatic carbocycles. The van der Waals surface area contributed by atoms with Crippen LogP contribution < -0.4 is 10.3 Å². The van der Waals surface area contributed by atoms with Crippen LogP contribution in [0.15, 0.2) is 109 Å². The molecule has 4 aromatic rings. The molecule has 8 rings (SSSR count). The van der Waals surface area contributed by atoms with Gasteiger partial charge in [-0.15, -0.1) is 0 Å². The number of aromatic hydroxyl groups is 1. The van der Waals surface area contributed by atoms with Crippen LogP contribution in [0.25, 0.3) is 0 Å². The minimum absolute atomic E-state index is 0.0456. The van der Waals surface area contributed by atoms with E-state index in [1.807, 2.05) is 67.6 Å². The molecule has 49 heavy (non-hydrogen) atoms. The zero-order chi connectivity index (χ0) is 34.2. The van der Waals surface area contributed by atoms with Crippen molar-refractivity contribution in [2.75, 3.05) is 10.3 Å². The highest BCUT2D eigenvalue weighted by atomic mass is 35.5. The number of aryl methyl sites for hydroxylation is 1. The number of phenols is 1. The molecule has 0 aromatic heterocycles. The summed E-state index contributed by atoms with van der Waals surface area (Å²) in [6.07, 6.45) is 2.42. The highest BCUT2D eigenvalue weighted by molar-refractivity contribution is 6.32. The van der Waals surface area contributed by atoms with E-state index in [0.29, 0.717) is 27.5 Å². The molecule has 0 bridgehead atoms. The van der Waals surface area contributed by atoms with Gasteiger partial charge < -0.3 is 5.11 Å². The van der Waals surface area contributed by atoms with Gasteiger partial charge in [-0.05, 0) is 85.3 Å². The van der Waals surface area contributed by atoms with Crippen molar-refractivity contribution in [3.63, 3.8) is 0 Å². The van der Waals surface area contributed by atoms with Crippen molar-refractivity contribution in [3.05, 3.63) is 135 Å². The quantitative estimate of drug-likeness (QED) is 0.169. The van der Waals surface area contributed by atoms with Crippen molar-refractivity contribution in [3.8, 4) is 5.75 Å². The summed E-state index contributed by atoms with van der Waals surface area (Å²) in [7, 11) is 0. The van der Waals surface area contributed by atoms with Crippen molar-refractivity contribution in [2.24, 2.45) is 23.7 Å². The third-order valence-electron chi connectivity index (χ3n) is 10.8. The molecule has 6 atom stereocenters. The van der Waals surface area contributed by atoms with Crippen molar-refractivity contribution >= 4 is 58.2 Å². The summed E-state index contributed by atoms with van der Waals surface area (Å²) in [5.41, 5.74) is 5.64. The Morgan fingerprint density at radius 3 is 2.22 bits per heavy atom. The maximum absolute atomic E-state index is 15.2. The van der Waals surface area contributed by atoms with Crippen LogP contribution in [-0.2, 0) is 24.6 Å². The number of hydrogen-bond donors (Lipinski definition) is 2. The Bertz CT molecular complexity index is 2070. The number of nitrogens with one attached hydrogen (secondary N) is 1. The van der Waals surface area contributed by atoms with Crippen LogP contribution in [0.4, 0.5) is 11.4 Å². The number of nitrogens with zero attached hydrogens (tertiary/aromatic N) is 2. The van der Waals surface area contributed by atoms with E-state index in [0.717, 1.165) is 16.1 Å². The Morgan fingerprint density at radius 1 is 0.816 bits per heavy atom. The zero-order valence-electron chi connectivity index (χ0n) is 26.3. The van der Waals surface area contributed by atoms with E-state index in [9.17, 15) is 19.5 Å². The second-order valence-electron chi connectivity index (χ2n) is 13.3. The van der Waals surface area contributed by atoms with E-state index in [1.165, 1.54) is 17.0 Å². The standard InChI is InChI=1S/C39H31Cl2N3O5/c1-21-7-11-24(12-8-21)42-44-36(47)31-20-30-27(17-18-29-33(30)37(48)43(35(29)46)25-13-9-23(40)10-14-25)34(28-16-15-26(45)19-32(28)41)39(31,38(44)49)22-5-3-2-4-6-22/h2-17,19,29-31,33-34,42,45H,18,20H2,1H3. The van der Waals surface area contributed by atoms with Crippen LogP contribution in [0.3, 0.4) is 0 Å². The highest BCUT2D eigenvalue weighted by Crippen LogP contribution is 2.64. The lowest BCUT2D eigenvalue weighted by Crippen LogP contribution is -2.53. The van der Waals surface area contributed by atoms with Gasteiger partial charge in [-0.2, -0.15) is 5.01 Å². The van der Waals surface area contributed by atoms with Crippen LogP contribution in [0.1, 0.15) is 35.4 Å². The van der Waals surface area contributed by atoms with Crippen molar-refractivity contribution in [1.29, 1.82) is 0 Å². The third-order valence-corrected chi connectivity index (χ3v) is 11.4. The summed E-state index contributed by atoms with van der Waals surface area (Å²) in [6, 6.07) is 27.8. The lowest BCUT2D eigenvalue weighted by molar-refractivity contribution is -0.138. The van der Waals surface area contributed by atoms with Gasteiger partial charge >= 0.3 is 0 Å². The monoisotopic (exact) mass is 691 g/mol. The number of rotatable bonds is 5. The Hall–Kier alpha value is -4.92. The van der Waals surface area contributed by atoms with E-state index >= 15 is 4.79 Å². The van der Waals surface area contributed by atoms with Crippen molar-refractivity contribution in [1.82, 2.24) is 5.01 Å². The van der Waals surface area contributed by atoms with Crippen LogP contribution in [0, 0.1) is 30.6 Å². The number of halogens is 2. The molecule has 2 aliphatic heterocycles. The second-order valence-corrected chi connectivity index (χ2v) is 14.1. The molecule has 10 heteroatoms. The molecule has 1 saturated carbocycles. The van der Waals surface area contributed by atoms with Gasteiger partial charge in [-0.3, -0.25) is 29.5 Å². The number of benzene rings is 4. The van der Waals surface area contributed by atoms with E-state index in [2.05, 4.69) is 5.43 Å². The van der Waals surface area contributed by atoms with E-state index in [1.54, 1.807) is 30.3 Å². The maximum atomic E-state index is 15.2. The molecule has 6 unspecified atom stereocenters. The minimum atomic E-state index is -1.45. The summed E-state index contributed by atoms with van der Waals surface area (Å²) in [5.74, 6) is -5.20. The molecular weight excluding hydrogens is 661 g/mol. The third kappa shape index (κ3) is 4.65. The molecular formula is C39H31Cl2N3O5. The highest BCUT2D eigenvalue weighted by Gasteiger charge is 2.70. The molecule has 4 aliphatic rings. The average Bonchev–Trinajstić information content (AvgIpc) is 3.48. The fourth-order valence-electron chi connectivity index (χ4n) is 8.69. The molecule has 0 radical (unpaired) electrons. The first-order valence-corrected chi connectivity index (χ1v) is 17.0. The van der Waals surface area contributed by atoms with Gasteiger partial charge in [-0.25, -0.2) is 0 Å². The average molecular weight is 693 g/mol. The first-order chi connectivity index (χ1) is 23.6. The number of anilines is 2. The molecule has 0 spiro atoms. The Balaban J connectivity index is 1.32. The fourth-order valence-corrected chi connectivity index (χ4v) is 9.10. The fraction of sp³-hybridized carbons (Fsp3) is 0.231. The predicted octanol–water partition coefficient (Wildman–Crippen LogP) is 7.20. The lowest BCUT2D eigenvalue weighted by Gasteiger charge is -2.50. The Kier molecular flexibility index (Phi) is 7.42. The number of imide groups is 2. The van der Waals surface area contributed by atoms with Gasteiger partial charge in [0, 0.05) is 16.0 Å².